The van der Waals surface area contributed by atoms with Crippen LogP contribution >= 0.6 is 35.3 Å². The van der Waals surface area contributed by atoms with E-state index in [9.17, 15) is 0 Å². The lowest BCUT2D eigenvalue weighted by Gasteiger charge is -2.17. The molecule has 2 rings (SSSR count). The molecule has 1 heterocycles. The molecule has 0 aliphatic rings. The van der Waals surface area contributed by atoms with E-state index in [0.717, 1.165) is 29.0 Å². The van der Waals surface area contributed by atoms with Gasteiger partial charge in [0.05, 0.1) is 20.2 Å². The maximum Gasteiger partial charge on any atom is 0.191 e. The van der Waals surface area contributed by atoms with Crippen LogP contribution in [0.5, 0.6) is 11.5 Å². The minimum Gasteiger partial charge on any atom is -0.497 e. The largest absolute Gasteiger partial charge is 0.497 e. The molecule has 0 aliphatic carbocycles. The Morgan fingerprint density at radius 3 is 2.50 bits per heavy atom. The number of aliphatic imine (C=N–C) groups is 1. The fourth-order valence-electron chi connectivity index (χ4n) is 2.13. The predicted octanol–water partition coefficient (Wildman–Crippen LogP) is 3.60. The number of ether oxygens (including phenoxy) is 2. The van der Waals surface area contributed by atoms with Crippen molar-refractivity contribution in [3.05, 3.63) is 40.3 Å². The van der Waals surface area contributed by atoms with Crippen molar-refractivity contribution in [1.29, 1.82) is 0 Å². The summed E-state index contributed by atoms with van der Waals surface area (Å²) in [6.07, 6.45) is 1.88. The Balaban J connectivity index is 0.00000338. The highest BCUT2D eigenvalue weighted by atomic mass is 127. The molecule has 0 saturated heterocycles. The molecule has 1 aromatic heterocycles. The van der Waals surface area contributed by atoms with Gasteiger partial charge in [-0.2, -0.15) is 0 Å². The molecule has 0 aliphatic heterocycles. The molecule has 1 unspecified atom stereocenters. The fourth-order valence-corrected chi connectivity index (χ4v) is 2.84. The van der Waals surface area contributed by atoms with E-state index in [1.165, 1.54) is 4.88 Å². The minimum absolute atomic E-state index is 0. The van der Waals surface area contributed by atoms with Gasteiger partial charge in [0, 0.05) is 17.6 Å². The van der Waals surface area contributed by atoms with Gasteiger partial charge in [-0.25, -0.2) is 9.98 Å². The van der Waals surface area contributed by atoms with Gasteiger partial charge in [0.1, 0.15) is 22.6 Å². The van der Waals surface area contributed by atoms with Gasteiger partial charge in [-0.05, 0) is 45.0 Å². The summed E-state index contributed by atoms with van der Waals surface area (Å²) in [6, 6.07) is 7.58. The first-order chi connectivity index (χ1) is 12.1. The third-order valence-corrected chi connectivity index (χ3v) is 4.24. The van der Waals surface area contributed by atoms with E-state index in [1.54, 1.807) is 18.4 Å². The van der Waals surface area contributed by atoms with Crippen LogP contribution in [0.3, 0.4) is 0 Å². The number of benzene rings is 1. The monoisotopic (exact) mass is 490 g/mol. The quantitative estimate of drug-likeness (QED) is 0.336. The van der Waals surface area contributed by atoms with Gasteiger partial charge in [0.25, 0.3) is 0 Å². The second kappa shape index (κ2) is 11.9. The van der Waals surface area contributed by atoms with Crippen molar-refractivity contribution in [2.45, 2.75) is 33.4 Å². The number of thiazole rings is 1. The Morgan fingerprint density at radius 1 is 1.23 bits per heavy atom. The molecule has 144 valence electrons. The topological polar surface area (TPSA) is 67.8 Å². The second-order valence-electron chi connectivity index (χ2n) is 5.54. The van der Waals surface area contributed by atoms with Crippen LogP contribution in [0.15, 0.2) is 35.5 Å². The van der Waals surface area contributed by atoms with Crippen molar-refractivity contribution in [1.82, 2.24) is 15.6 Å². The van der Waals surface area contributed by atoms with Crippen molar-refractivity contribution in [2.24, 2.45) is 4.99 Å². The van der Waals surface area contributed by atoms with Gasteiger partial charge < -0.3 is 20.1 Å². The number of halogens is 1. The average molecular weight is 490 g/mol. The molecule has 6 nitrogen and oxygen atoms in total. The Bertz CT molecular complexity index is 676. The Kier molecular flexibility index (Phi) is 10.3. The summed E-state index contributed by atoms with van der Waals surface area (Å²) in [5.74, 6) is 2.40. The lowest BCUT2D eigenvalue weighted by molar-refractivity contribution is 0.223. The lowest BCUT2D eigenvalue weighted by Crippen LogP contribution is -2.41. The molecule has 26 heavy (non-hydrogen) atoms. The number of aromatic nitrogens is 1. The highest BCUT2D eigenvalue weighted by Gasteiger charge is 2.06. The van der Waals surface area contributed by atoms with Gasteiger partial charge in [0.15, 0.2) is 5.96 Å². The normalized spacial score (nSPS) is 12.1. The van der Waals surface area contributed by atoms with Crippen molar-refractivity contribution in [2.75, 3.05) is 20.2 Å². The number of aryl methyl sites for hydroxylation is 1. The molecule has 8 heteroatoms. The first-order valence-electron chi connectivity index (χ1n) is 8.35. The van der Waals surface area contributed by atoms with E-state index < -0.39 is 0 Å². The number of nitrogens with zero attached hydrogens (tertiary/aromatic N) is 2. The summed E-state index contributed by atoms with van der Waals surface area (Å²) in [6.45, 7) is 8.13. The summed E-state index contributed by atoms with van der Waals surface area (Å²) in [4.78, 5) is 10.1. The number of hydrogen-bond acceptors (Lipinski definition) is 5. The molecule has 0 saturated carbocycles. The van der Waals surface area contributed by atoms with Crippen molar-refractivity contribution in [3.8, 4) is 11.5 Å². The van der Waals surface area contributed by atoms with Crippen LogP contribution in [-0.4, -0.2) is 37.2 Å². The van der Waals surface area contributed by atoms with Crippen molar-refractivity contribution in [3.63, 3.8) is 0 Å². The Labute approximate surface area is 176 Å². The summed E-state index contributed by atoms with van der Waals surface area (Å²) >= 11 is 1.67. The predicted molar refractivity (Wildman–Crippen MR) is 118 cm³/mol. The zero-order valence-corrected chi connectivity index (χ0v) is 18.8. The van der Waals surface area contributed by atoms with Gasteiger partial charge in [-0.3, -0.25) is 0 Å². The van der Waals surface area contributed by atoms with Crippen LogP contribution in [0, 0.1) is 6.92 Å². The lowest BCUT2D eigenvalue weighted by atomic mass is 10.3. The molecule has 0 spiro atoms. The number of guanidine groups is 1. The van der Waals surface area contributed by atoms with Gasteiger partial charge >= 0.3 is 0 Å². The zero-order valence-electron chi connectivity index (χ0n) is 15.6. The molecule has 0 radical (unpaired) electrons. The molecule has 1 aromatic carbocycles. The van der Waals surface area contributed by atoms with Crippen LogP contribution in [0.4, 0.5) is 0 Å². The van der Waals surface area contributed by atoms with E-state index in [1.807, 2.05) is 51.2 Å². The molecule has 2 N–H and O–H groups in total. The summed E-state index contributed by atoms with van der Waals surface area (Å²) < 4.78 is 11.0. The first kappa shape index (κ1) is 22.5. The number of rotatable bonds is 8. The van der Waals surface area contributed by atoms with Crippen LogP contribution in [0.2, 0.25) is 0 Å². The number of nitrogens with one attached hydrogen (secondary N) is 2. The fraction of sp³-hybridized carbons (Fsp3) is 0.444. The van der Waals surface area contributed by atoms with Crippen LogP contribution < -0.4 is 20.1 Å². The van der Waals surface area contributed by atoms with E-state index >= 15 is 0 Å². The van der Waals surface area contributed by atoms with Gasteiger partial charge in [0.2, 0.25) is 0 Å². The summed E-state index contributed by atoms with van der Waals surface area (Å²) in [5.41, 5.74) is 0. The standard InChI is InChI=1S/C18H26N4O2S.HI/c1-5-19-18(22-12-17-20-11-14(3)25-17)21-10-13(2)24-16-8-6-15(23-4)7-9-16;/h6-9,11,13H,5,10,12H2,1-4H3,(H2,19,21,22);1H. The van der Waals surface area contributed by atoms with Crippen LogP contribution in [-0.2, 0) is 6.54 Å². The Morgan fingerprint density at radius 2 is 1.92 bits per heavy atom. The maximum absolute atomic E-state index is 5.90. The molecule has 1 atom stereocenters. The first-order valence-corrected chi connectivity index (χ1v) is 9.16. The SMILES string of the molecule is CCNC(=NCc1ncc(C)s1)NCC(C)Oc1ccc(OC)cc1.I. The van der Waals surface area contributed by atoms with Crippen molar-refractivity contribution < 1.29 is 9.47 Å². The van der Waals surface area contributed by atoms with E-state index in [2.05, 4.69) is 20.6 Å². The molecule has 0 amide bonds. The maximum atomic E-state index is 5.90. The number of methoxy groups -OCH3 is 1. The summed E-state index contributed by atoms with van der Waals surface area (Å²) in [7, 11) is 1.65. The van der Waals surface area contributed by atoms with E-state index in [4.69, 9.17) is 9.47 Å². The summed E-state index contributed by atoms with van der Waals surface area (Å²) in [5, 5.41) is 7.56. The van der Waals surface area contributed by atoms with Crippen LogP contribution in [0.1, 0.15) is 23.7 Å². The zero-order chi connectivity index (χ0) is 18.1. The number of hydrogen-bond donors (Lipinski definition) is 2. The smallest absolute Gasteiger partial charge is 0.191 e. The van der Waals surface area contributed by atoms with Gasteiger partial charge in [-0.15, -0.1) is 35.3 Å². The van der Waals surface area contributed by atoms with Gasteiger partial charge in [-0.1, -0.05) is 0 Å². The van der Waals surface area contributed by atoms with Crippen LogP contribution in [0.25, 0.3) is 0 Å². The second-order valence-corrected chi connectivity index (χ2v) is 6.86. The minimum atomic E-state index is -0.000594. The van der Waals surface area contributed by atoms with E-state index in [-0.39, 0.29) is 30.1 Å². The molecular formula is C18H27IN4O2S. The molecular weight excluding hydrogens is 463 g/mol. The highest BCUT2D eigenvalue weighted by Crippen LogP contribution is 2.18. The third-order valence-electron chi connectivity index (χ3n) is 3.34. The highest BCUT2D eigenvalue weighted by molar-refractivity contribution is 14.0. The third kappa shape index (κ3) is 7.77. The average Bonchev–Trinajstić information content (AvgIpc) is 3.03. The Hall–Kier alpha value is -1.55. The molecule has 0 fully saturated rings. The molecule has 0 bridgehead atoms. The van der Waals surface area contributed by atoms with Crippen molar-refractivity contribution >= 4 is 41.3 Å². The molecule has 2 aromatic rings. The van der Waals surface area contributed by atoms with E-state index in [0.29, 0.717) is 13.1 Å².